The Morgan fingerprint density at radius 2 is 1.64 bits per heavy atom. The summed E-state index contributed by atoms with van der Waals surface area (Å²) in [5.41, 5.74) is -0.959. The topological polar surface area (TPSA) is 59.1 Å². The molecule has 0 unspecified atom stereocenters. The van der Waals surface area contributed by atoms with Crippen LogP contribution in [0.3, 0.4) is 0 Å². The van der Waals surface area contributed by atoms with E-state index in [9.17, 15) is 9.59 Å². The molecule has 2 heterocycles. The third kappa shape index (κ3) is 5.59. The molecule has 25 heavy (non-hydrogen) atoms. The van der Waals surface area contributed by atoms with Crippen LogP contribution in [0.25, 0.3) is 0 Å². The Morgan fingerprint density at radius 1 is 1.04 bits per heavy atom. The third-order valence-corrected chi connectivity index (χ3v) is 5.19. The molecule has 2 aliphatic heterocycles. The van der Waals surface area contributed by atoms with Crippen LogP contribution in [-0.4, -0.2) is 66.8 Å². The van der Waals surface area contributed by atoms with Crippen LogP contribution < -0.4 is 0 Å². The van der Waals surface area contributed by atoms with E-state index in [-0.39, 0.29) is 12.1 Å². The predicted molar refractivity (Wildman–Crippen MR) is 96.4 cm³/mol. The maximum atomic E-state index is 12.7. The molecule has 0 atom stereocenters. The number of hydrogen-bond donors (Lipinski definition) is 0. The molecule has 0 aromatic carbocycles. The average Bonchev–Trinajstić information content (AvgIpc) is 3.05. The second kappa shape index (κ2) is 8.39. The lowest BCUT2D eigenvalue weighted by Gasteiger charge is -2.40. The first kappa shape index (κ1) is 20.0. The van der Waals surface area contributed by atoms with Gasteiger partial charge in [0.15, 0.2) is 0 Å². The minimum Gasteiger partial charge on any atom is -0.466 e. The van der Waals surface area contributed by atoms with Crippen LogP contribution in [0.5, 0.6) is 0 Å². The molecule has 0 spiro atoms. The number of piperidine rings is 1. The van der Waals surface area contributed by atoms with Crippen molar-refractivity contribution in [1.82, 2.24) is 9.80 Å². The number of nitrogens with zero attached hydrogens (tertiary/aromatic N) is 2. The number of hydrogen-bond acceptors (Lipinski definition) is 5. The van der Waals surface area contributed by atoms with E-state index in [2.05, 4.69) is 4.90 Å². The summed E-state index contributed by atoms with van der Waals surface area (Å²) in [6.07, 6.45) is 4.33. The first-order chi connectivity index (χ1) is 11.8. The van der Waals surface area contributed by atoms with Gasteiger partial charge in [-0.2, -0.15) is 0 Å². The fraction of sp³-hybridized carbons (Fsp3) is 0.895. The summed E-state index contributed by atoms with van der Waals surface area (Å²) in [5, 5.41) is 0. The monoisotopic (exact) mass is 354 g/mol. The number of esters is 1. The van der Waals surface area contributed by atoms with Crippen molar-refractivity contribution in [2.45, 2.75) is 65.4 Å². The number of amides is 1. The molecule has 0 saturated carbocycles. The third-order valence-electron chi connectivity index (χ3n) is 5.19. The van der Waals surface area contributed by atoms with Crippen molar-refractivity contribution < 1.29 is 19.1 Å². The Labute approximate surface area is 151 Å². The molecule has 6 heteroatoms. The van der Waals surface area contributed by atoms with Crippen LogP contribution in [0, 0.1) is 5.41 Å². The number of ether oxygens (including phenoxy) is 2. The van der Waals surface area contributed by atoms with Gasteiger partial charge in [0.2, 0.25) is 0 Å². The quantitative estimate of drug-likeness (QED) is 0.710. The summed E-state index contributed by atoms with van der Waals surface area (Å²) < 4.78 is 10.8. The summed E-state index contributed by atoms with van der Waals surface area (Å²) in [6, 6.07) is 0. The van der Waals surface area contributed by atoms with E-state index >= 15 is 0 Å². The van der Waals surface area contributed by atoms with Crippen molar-refractivity contribution in [2.75, 3.05) is 39.3 Å². The van der Waals surface area contributed by atoms with Gasteiger partial charge in [0.05, 0.1) is 12.0 Å². The van der Waals surface area contributed by atoms with Gasteiger partial charge in [0, 0.05) is 13.1 Å². The van der Waals surface area contributed by atoms with E-state index in [1.807, 2.05) is 27.7 Å². The fourth-order valence-corrected chi connectivity index (χ4v) is 3.66. The molecule has 2 aliphatic rings. The summed E-state index contributed by atoms with van der Waals surface area (Å²) >= 11 is 0. The standard InChI is InChI=1S/C19H34N2O4/c1-5-24-16(22)19(8-13-20-11-6-7-12-20)9-14-21(15-10-19)17(23)25-18(2,3)4/h5-15H2,1-4H3. The summed E-state index contributed by atoms with van der Waals surface area (Å²) in [4.78, 5) is 29.1. The Hall–Kier alpha value is -1.30. The van der Waals surface area contributed by atoms with Gasteiger partial charge in [0.1, 0.15) is 5.60 Å². The highest BCUT2D eigenvalue weighted by atomic mass is 16.6. The van der Waals surface area contributed by atoms with E-state index in [0.29, 0.717) is 32.5 Å². The van der Waals surface area contributed by atoms with Gasteiger partial charge in [-0.1, -0.05) is 0 Å². The second-order valence-corrected chi connectivity index (χ2v) is 8.27. The van der Waals surface area contributed by atoms with E-state index in [1.165, 1.54) is 12.8 Å². The van der Waals surface area contributed by atoms with Gasteiger partial charge in [0.25, 0.3) is 0 Å². The smallest absolute Gasteiger partial charge is 0.410 e. The van der Waals surface area contributed by atoms with E-state index in [0.717, 1.165) is 26.1 Å². The SMILES string of the molecule is CCOC(=O)C1(CCN2CCCC2)CCN(C(=O)OC(C)(C)C)CC1. The lowest BCUT2D eigenvalue weighted by atomic mass is 9.75. The molecular formula is C19H34N2O4. The molecule has 0 N–H and O–H groups in total. The van der Waals surface area contributed by atoms with Crippen molar-refractivity contribution in [3.63, 3.8) is 0 Å². The zero-order valence-corrected chi connectivity index (χ0v) is 16.3. The van der Waals surface area contributed by atoms with Crippen LogP contribution in [-0.2, 0) is 14.3 Å². The van der Waals surface area contributed by atoms with E-state index in [1.54, 1.807) is 4.90 Å². The molecule has 144 valence electrons. The van der Waals surface area contributed by atoms with Crippen LogP contribution in [0.4, 0.5) is 4.79 Å². The lowest BCUT2D eigenvalue weighted by Crippen LogP contribution is -2.49. The van der Waals surface area contributed by atoms with Gasteiger partial charge in [-0.05, 0) is 79.4 Å². The van der Waals surface area contributed by atoms with Crippen LogP contribution in [0.15, 0.2) is 0 Å². The number of carbonyl (C=O) groups is 2. The minimum atomic E-state index is -0.498. The van der Waals surface area contributed by atoms with E-state index in [4.69, 9.17) is 9.47 Å². The highest BCUT2D eigenvalue weighted by molar-refractivity contribution is 5.77. The average molecular weight is 354 g/mol. The molecule has 6 nitrogen and oxygen atoms in total. The summed E-state index contributed by atoms with van der Waals surface area (Å²) in [6.45, 7) is 12.1. The maximum Gasteiger partial charge on any atom is 0.410 e. The first-order valence-corrected chi connectivity index (χ1v) is 9.63. The van der Waals surface area contributed by atoms with Gasteiger partial charge in [-0.25, -0.2) is 4.79 Å². The molecule has 0 aromatic rings. The molecular weight excluding hydrogens is 320 g/mol. The van der Waals surface area contributed by atoms with Gasteiger partial charge >= 0.3 is 12.1 Å². The van der Waals surface area contributed by atoms with Gasteiger partial charge in [-0.3, -0.25) is 4.79 Å². The first-order valence-electron chi connectivity index (χ1n) is 9.63. The van der Waals surface area contributed by atoms with Crippen molar-refractivity contribution in [1.29, 1.82) is 0 Å². The normalized spacial score (nSPS) is 21.2. The zero-order chi connectivity index (χ0) is 18.5. The number of likely N-dealkylation sites (tertiary alicyclic amines) is 2. The molecule has 0 radical (unpaired) electrons. The van der Waals surface area contributed by atoms with Crippen molar-refractivity contribution in [3.8, 4) is 0 Å². The Bertz CT molecular complexity index is 459. The van der Waals surface area contributed by atoms with Crippen molar-refractivity contribution in [3.05, 3.63) is 0 Å². The molecule has 0 aliphatic carbocycles. The largest absolute Gasteiger partial charge is 0.466 e. The molecule has 0 bridgehead atoms. The van der Waals surface area contributed by atoms with E-state index < -0.39 is 11.0 Å². The van der Waals surface area contributed by atoms with Crippen LogP contribution >= 0.6 is 0 Å². The van der Waals surface area contributed by atoms with Crippen molar-refractivity contribution in [2.24, 2.45) is 5.41 Å². The number of carbonyl (C=O) groups excluding carboxylic acids is 2. The molecule has 2 rings (SSSR count). The Morgan fingerprint density at radius 3 is 2.16 bits per heavy atom. The molecule has 1 amide bonds. The minimum absolute atomic E-state index is 0.0990. The maximum absolute atomic E-state index is 12.7. The number of rotatable bonds is 5. The van der Waals surface area contributed by atoms with Crippen LogP contribution in [0.1, 0.15) is 59.8 Å². The summed E-state index contributed by atoms with van der Waals surface area (Å²) in [5.74, 6) is -0.0990. The molecule has 2 fully saturated rings. The van der Waals surface area contributed by atoms with Crippen LogP contribution in [0.2, 0.25) is 0 Å². The molecule has 2 saturated heterocycles. The van der Waals surface area contributed by atoms with Gasteiger partial charge < -0.3 is 19.3 Å². The highest BCUT2D eigenvalue weighted by Crippen LogP contribution is 2.37. The lowest BCUT2D eigenvalue weighted by molar-refractivity contribution is -0.159. The zero-order valence-electron chi connectivity index (χ0n) is 16.3. The Kier molecular flexibility index (Phi) is 6.72. The predicted octanol–water partition coefficient (Wildman–Crippen LogP) is 3.05. The van der Waals surface area contributed by atoms with Gasteiger partial charge in [-0.15, -0.1) is 0 Å². The highest BCUT2D eigenvalue weighted by Gasteiger charge is 2.44. The summed E-state index contributed by atoms with van der Waals surface area (Å²) in [7, 11) is 0. The molecule has 0 aromatic heterocycles. The second-order valence-electron chi connectivity index (χ2n) is 8.27. The fourth-order valence-electron chi connectivity index (χ4n) is 3.66. The van der Waals surface area contributed by atoms with Crippen molar-refractivity contribution >= 4 is 12.1 Å². The Balaban J connectivity index is 1.96.